The molecule has 0 heterocycles. The fourth-order valence-electron chi connectivity index (χ4n) is 1.51. The summed E-state index contributed by atoms with van der Waals surface area (Å²) in [5, 5.41) is 7.98. The molecule has 0 bridgehead atoms. The van der Waals surface area contributed by atoms with Crippen molar-refractivity contribution in [2.45, 2.75) is 19.9 Å². The number of aryl methyl sites for hydroxylation is 1. The van der Waals surface area contributed by atoms with Gasteiger partial charge in [-0.1, -0.05) is 31.2 Å². The number of hydrogen-bond donors (Lipinski definition) is 2. The molecule has 0 amide bonds. The molecule has 0 radical (unpaired) electrons. The van der Waals surface area contributed by atoms with Crippen molar-refractivity contribution in [2.24, 2.45) is 5.14 Å². The Bertz CT molecular complexity index is 429. The third-order valence-electron chi connectivity index (χ3n) is 2.38. The van der Waals surface area contributed by atoms with Crippen molar-refractivity contribution < 1.29 is 8.42 Å². The van der Waals surface area contributed by atoms with E-state index in [1.165, 1.54) is 11.1 Å². The van der Waals surface area contributed by atoms with Crippen LogP contribution in [0.3, 0.4) is 0 Å². The SMILES string of the molecule is CCc1ccccc1CNCCS(N)(=O)=O. The average molecular weight is 242 g/mol. The Hall–Kier alpha value is -0.910. The zero-order valence-corrected chi connectivity index (χ0v) is 10.3. The summed E-state index contributed by atoms with van der Waals surface area (Å²) < 4.78 is 21.4. The number of benzene rings is 1. The Labute approximate surface area is 96.9 Å². The van der Waals surface area contributed by atoms with Crippen LogP contribution >= 0.6 is 0 Å². The lowest BCUT2D eigenvalue weighted by Crippen LogP contribution is -2.27. The van der Waals surface area contributed by atoms with Crippen molar-refractivity contribution in [3.63, 3.8) is 0 Å². The van der Waals surface area contributed by atoms with Gasteiger partial charge in [-0.05, 0) is 17.5 Å². The smallest absolute Gasteiger partial charge is 0.210 e. The Morgan fingerprint density at radius 2 is 1.88 bits per heavy atom. The number of nitrogens with one attached hydrogen (secondary N) is 1. The summed E-state index contributed by atoms with van der Waals surface area (Å²) in [6, 6.07) is 8.11. The standard InChI is InChI=1S/C11H18N2O2S/c1-2-10-5-3-4-6-11(10)9-13-7-8-16(12,14)15/h3-6,13H,2,7-9H2,1H3,(H2,12,14,15). The van der Waals surface area contributed by atoms with Crippen LogP contribution in [0, 0.1) is 0 Å². The fraction of sp³-hybridized carbons (Fsp3) is 0.455. The zero-order valence-electron chi connectivity index (χ0n) is 9.44. The van der Waals surface area contributed by atoms with Crippen LogP contribution in [-0.2, 0) is 23.0 Å². The van der Waals surface area contributed by atoms with Crippen LogP contribution in [0.25, 0.3) is 0 Å². The maximum Gasteiger partial charge on any atom is 0.210 e. The lowest BCUT2D eigenvalue weighted by molar-refractivity contribution is 0.592. The zero-order chi connectivity index (χ0) is 12.0. The normalized spacial score (nSPS) is 11.6. The van der Waals surface area contributed by atoms with Crippen molar-refractivity contribution in [3.05, 3.63) is 35.4 Å². The van der Waals surface area contributed by atoms with Crippen LogP contribution in [0.5, 0.6) is 0 Å². The largest absolute Gasteiger partial charge is 0.312 e. The summed E-state index contributed by atoms with van der Waals surface area (Å²) in [6.07, 6.45) is 0.979. The summed E-state index contributed by atoms with van der Waals surface area (Å²) in [5.41, 5.74) is 2.49. The fourth-order valence-corrected chi connectivity index (χ4v) is 1.94. The molecule has 3 N–H and O–H groups in total. The second-order valence-electron chi connectivity index (χ2n) is 3.67. The molecule has 0 aliphatic heterocycles. The first-order valence-electron chi connectivity index (χ1n) is 5.31. The Morgan fingerprint density at radius 1 is 1.25 bits per heavy atom. The molecule has 0 saturated carbocycles. The molecule has 5 heteroatoms. The Morgan fingerprint density at radius 3 is 2.44 bits per heavy atom. The lowest BCUT2D eigenvalue weighted by Gasteiger charge is -2.08. The second-order valence-corrected chi connectivity index (χ2v) is 5.40. The van der Waals surface area contributed by atoms with Crippen LogP contribution in [0.15, 0.2) is 24.3 Å². The first-order valence-corrected chi connectivity index (χ1v) is 7.02. The van der Waals surface area contributed by atoms with Gasteiger partial charge in [-0.2, -0.15) is 0 Å². The van der Waals surface area contributed by atoms with Gasteiger partial charge in [-0.3, -0.25) is 0 Å². The highest BCUT2D eigenvalue weighted by Crippen LogP contribution is 2.08. The van der Waals surface area contributed by atoms with Crippen LogP contribution in [-0.4, -0.2) is 20.7 Å². The van der Waals surface area contributed by atoms with Gasteiger partial charge in [0.2, 0.25) is 10.0 Å². The number of hydrogen-bond acceptors (Lipinski definition) is 3. The van der Waals surface area contributed by atoms with E-state index in [1.54, 1.807) is 0 Å². The summed E-state index contributed by atoms with van der Waals surface area (Å²) in [4.78, 5) is 0. The van der Waals surface area contributed by atoms with Crippen LogP contribution in [0.2, 0.25) is 0 Å². The van der Waals surface area contributed by atoms with Gasteiger partial charge >= 0.3 is 0 Å². The minimum Gasteiger partial charge on any atom is -0.312 e. The van der Waals surface area contributed by atoms with Gasteiger partial charge in [0.25, 0.3) is 0 Å². The molecule has 16 heavy (non-hydrogen) atoms. The quantitative estimate of drug-likeness (QED) is 0.719. The highest BCUT2D eigenvalue weighted by Gasteiger charge is 2.02. The predicted molar refractivity (Wildman–Crippen MR) is 65.5 cm³/mol. The van der Waals surface area contributed by atoms with E-state index in [0.29, 0.717) is 13.1 Å². The predicted octanol–water partition coefficient (Wildman–Crippen LogP) is 0.627. The molecule has 0 aliphatic rings. The topological polar surface area (TPSA) is 72.2 Å². The first kappa shape index (κ1) is 13.2. The van der Waals surface area contributed by atoms with Crippen molar-refractivity contribution >= 4 is 10.0 Å². The monoisotopic (exact) mass is 242 g/mol. The molecule has 1 aromatic carbocycles. The molecule has 0 fully saturated rings. The van der Waals surface area contributed by atoms with Gasteiger partial charge < -0.3 is 5.32 Å². The van der Waals surface area contributed by atoms with E-state index in [9.17, 15) is 8.42 Å². The van der Waals surface area contributed by atoms with Crippen LogP contribution in [0.4, 0.5) is 0 Å². The summed E-state index contributed by atoms with van der Waals surface area (Å²) in [6.45, 7) is 3.17. The van der Waals surface area contributed by atoms with E-state index in [1.807, 2.05) is 18.2 Å². The van der Waals surface area contributed by atoms with Gasteiger partial charge in [0.15, 0.2) is 0 Å². The number of rotatable bonds is 6. The average Bonchev–Trinajstić information content (AvgIpc) is 2.23. The first-order chi connectivity index (χ1) is 7.53. The number of nitrogens with two attached hydrogens (primary N) is 1. The van der Waals surface area contributed by atoms with Crippen molar-refractivity contribution in [3.8, 4) is 0 Å². The van der Waals surface area contributed by atoms with E-state index >= 15 is 0 Å². The van der Waals surface area contributed by atoms with Gasteiger partial charge in [-0.25, -0.2) is 13.6 Å². The van der Waals surface area contributed by atoms with Gasteiger partial charge in [-0.15, -0.1) is 0 Å². The summed E-state index contributed by atoms with van der Waals surface area (Å²) in [5.74, 6) is -0.0265. The molecule has 0 atom stereocenters. The van der Waals surface area contributed by atoms with Gasteiger partial charge in [0.1, 0.15) is 0 Å². The van der Waals surface area contributed by atoms with Crippen molar-refractivity contribution in [1.82, 2.24) is 5.32 Å². The van der Waals surface area contributed by atoms with E-state index in [4.69, 9.17) is 5.14 Å². The summed E-state index contributed by atoms with van der Waals surface area (Å²) >= 11 is 0. The third kappa shape index (κ3) is 4.74. The second kappa shape index (κ2) is 5.98. The molecule has 0 unspecified atom stereocenters. The molecular weight excluding hydrogens is 224 g/mol. The summed E-state index contributed by atoms with van der Waals surface area (Å²) in [7, 11) is -3.36. The van der Waals surface area contributed by atoms with E-state index in [0.717, 1.165) is 6.42 Å². The molecule has 0 aromatic heterocycles. The molecule has 4 nitrogen and oxygen atoms in total. The van der Waals surface area contributed by atoms with E-state index in [2.05, 4.69) is 18.3 Å². The van der Waals surface area contributed by atoms with Crippen molar-refractivity contribution in [1.29, 1.82) is 0 Å². The van der Waals surface area contributed by atoms with E-state index in [-0.39, 0.29) is 5.75 Å². The third-order valence-corrected chi connectivity index (χ3v) is 3.15. The Kier molecular flexibility index (Phi) is 4.92. The number of sulfonamides is 1. The molecule has 0 aliphatic carbocycles. The van der Waals surface area contributed by atoms with Crippen LogP contribution in [0.1, 0.15) is 18.1 Å². The molecule has 1 aromatic rings. The molecule has 0 saturated heterocycles. The molecular formula is C11H18N2O2S. The van der Waals surface area contributed by atoms with E-state index < -0.39 is 10.0 Å². The minimum absolute atomic E-state index is 0.0265. The highest BCUT2D eigenvalue weighted by molar-refractivity contribution is 7.89. The maximum absolute atomic E-state index is 10.7. The van der Waals surface area contributed by atoms with Crippen molar-refractivity contribution in [2.75, 3.05) is 12.3 Å². The molecule has 90 valence electrons. The van der Waals surface area contributed by atoms with Crippen LogP contribution < -0.4 is 10.5 Å². The Balaban J connectivity index is 2.43. The molecule has 1 rings (SSSR count). The lowest BCUT2D eigenvalue weighted by atomic mass is 10.1. The highest BCUT2D eigenvalue weighted by atomic mass is 32.2. The minimum atomic E-state index is -3.36. The maximum atomic E-state index is 10.7. The van der Waals surface area contributed by atoms with Gasteiger partial charge in [0, 0.05) is 13.1 Å². The van der Waals surface area contributed by atoms with Gasteiger partial charge in [0.05, 0.1) is 5.75 Å². The number of primary sulfonamides is 1. The molecule has 0 spiro atoms.